The minimum absolute atomic E-state index is 0.241. The number of hydrogen-bond acceptors (Lipinski definition) is 4. The highest BCUT2D eigenvalue weighted by molar-refractivity contribution is 5.75. The van der Waals surface area contributed by atoms with Gasteiger partial charge < -0.3 is 15.0 Å². The van der Waals surface area contributed by atoms with Crippen LogP contribution in [0.25, 0.3) is 11.0 Å². The van der Waals surface area contributed by atoms with Gasteiger partial charge in [0.2, 0.25) is 0 Å². The van der Waals surface area contributed by atoms with E-state index in [0.29, 0.717) is 0 Å². The van der Waals surface area contributed by atoms with Crippen LogP contribution in [0.3, 0.4) is 0 Å². The summed E-state index contributed by atoms with van der Waals surface area (Å²) in [5.41, 5.74) is 3.25. The summed E-state index contributed by atoms with van der Waals surface area (Å²) < 4.78 is 4.55. The molecule has 0 saturated carbocycles. The molecule has 0 atom stereocenters. The second kappa shape index (κ2) is 5.64. The van der Waals surface area contributed by atoms with Crippen LogP contribution >= 0.6 is 0 Å². The molecule has 5 nitrogen and oxygen atoms in total. The van der Waals surface area contributed by atoms with Crippen LogP contribution in [-0.2, 0) is 16.0 Å². The summed E-state index contributed by atoms with van der Waals surface area (Å²) in [4.78, 5) is 18.5. The lowest BCUT2D eigenvalue weighted by molar-refractivity contribution is -0.139. The standard InChI is InChI=1S/C13H17N3O2/c1-9-15-11-4-3-10(7-12(11)16-9)5-6-14-8-13(17)18-2/h3-4,7,14H,5-6,8H2,1-2H3,(H,15,16). The van der Waals surface area contributed by atoms with Crippen LogP contribution in [0.2, 0.25) is 0 Å². The number of aromatic nitrogens is 2. The third-order valence-corrected chi connectivity index (χ3v) is 2.75. The predicted molar refractivity (Wildman–Crippen MR) is 69.4 cm³/mol. The number of methoxy groups -OCH3 is 1. The van der Waals surface area contributed by atoms with Crippen LogP contribution in [0.5, 0.6) is 0 Å². The number of aryl methyl sites for hydroxylation is 1. The molecule has 2 aromatic rings. The number of hydrogen-bond donors (Lipinski definition) is 2. The Bertz CT molecular complexity index is 548. The molecular formula is C13H17N3O2. The maximum Gasteiger partial charge on any atom is 0.319 e. The minimum Gasteiger partial charge on any atom is -0.468 e. The van der Waals surface area contributed by atoms with Gasteiger partial charge in [-0.2, -0.15) is 0 Å². The summed E-state index contributed by atoms with van der Waals surface area (Å²) in [5.74, 6) is 0.681. The second-order valence-electron chi connectivity index (χ2n) is 4.18. The first kappa shape index (κ1) is 12.6. The quantitative estimate of drug-likeness (QED) is 0.615. The normalized spacial score (nSPS) is 10.8. The number of imidazole rings is 1. The molecule has 0 unspecified atom stereocenters. The van der Waals surface area contributed by atoms with Gasteiger partial charge in [-0.1, -0.05) is 6.07 Å². The van der Waals surface area contributed by atoms with Gasteiger partial charge in [0.25, 0.3) is 0 Å². The van der Waals surface area contributed by atoms with E-state index in [1.165, 1.54) is 12.7 Å². The van der Waals surface area contributed by atoms with E-state index in [-0.39, 0.29) is 12.5 Å². The van der Waals surface area contributed by atoms with Crippen LogP contribution in [-0.4, -0.2) is 36.1 Å². The van der Waals surface area contributed by atoms with E-state index in [2.05, 4.69) is 32.2 Å². The van der Waals surface area contributed by atoms with Gasteiger partial charge in [0.1, 0.15) is 5.82 Å². The summed E-state index contributed by atoms with van der Waals surface area (Å²) >= 11 is 0. The van der Waals surface area contributed by atoms with Gasteiger partial charge in [0.05, 0.1) is 24.7 Å². The summed E-state index contributed by atoms with van der Waals surface area (Å²) in [6.45, 7) is 2.94. The maximum atomic E-state index is 10.9. The van der Waals surface area contributed by atoms with Gasteiger partial charge in [-0.15, -0.1) is 0 Å². The van der Waals surface area contributed by atoms with Crippen molar-refractivity contribution >= 4 is 17.0 Å². The van der Waals surface area contributed by atoms with Gasteiger partial charge in [0, 0.05) is 0 Å². The lowest BCUT2D eigenvalue weighted by atomic mass is 10.1. The molecule has 0 fully saturated rings. The van der Waals surface area contributed by atoms with E-state index in [1.807, 2.05) is 13.0 Å². The summed E-state index contributed by atoms with van der Waals surface area (Å²) in [5, 5.41) is 3.04. The zero-order valence-electron chi connectivity index (χ0n) is 10.6. The van der Waals surface area contributed by atoms with E-state index < -0.39 is 0 Å². The van der Waals surface area contributed by atoms with E-state index in [9.17, 15) is 4.79 Å². The molecule has 2 rings (SSSR count). The number of carbonyl (C=O) groups is 1. The number of carbonyl (C=O) groups excluding carboxylic acids is 1. The zero-order chi connectivity index (χ0) is 13.0. The van der Waals surface area contributed by atoms with E-state index in [4.69, 9.17) is 0 Å². The van der Waals surface area contributed by atoms with Gasteiger partial charge in [-0.25, -0.2) is 4.98 Å². The largest absolute Gasteiger partial charge is 0.468 e. The first-order chi connectivity index (χ1) is 8.69. The van der Waals surface area contributed by atoms with E-state index in [1.54, 1.807) is 0 Å². The van der Waals surface area contributed by atoms with Crippen LogP contribution < -0.4 is 5.32 Å². The van der Waals surface area contributed by atoms with Crippen molar-refractivity contribution in [3.05, 3.63) is 29.6 Å². The topological polar surface area (TPSA) is 67.0 Å². The molecule has 96 valence electrons. The Hall–Kier alpha value is -1.88. The number of rotatable bonds is 5. The molecule has 5 heteroatoms. The number of aromatic amines is 1. The Morgan fingerprint density at radius 2 is 2.33 bits per heavy atom. The first-order valence-electron chi connectivity index (χ1n) is 5.92. The number of nitrogens with one attached hydrogen (secondary N) is 2. The monoisotopic (exact) mass is 247 g/mol. The fraction of sp³-hybridized carbons (Fsp3) is 0.385. The molecular weight excluding hydrogens is 230 g/mol. The molecule has 0 spiro atoms. The van der Waals surface area contributed by atoms with Crippen molar-refractivity contribution in [1.82, 2.24) is 15.3 Å². The van der Waals surface area contributed by atoms with E-state index in [0.717, 1.165) is 29.8 Å². The number of esters is 1. The van der Waals surface area contributed by atoms with Crippen molar-refractivity contribution in [3.63, 3.8) is 0 Å². The van der Waals surface area contributed by atoms with Crippen molar-refractivity contribution in [3.8, 4) is 0 Å². The molecule has 0 aliphatic carbocycles. The molecule has 1 aromatic carbocycles. The second-order valence-corrected chi connectivity index (χ2v) is 4.18. The van der Waals surface area contributed by atoms with Crippen LogP contribution in [0.1, 0.15) is 11.4 Å². The predicted octanol–water partition coefficient (Wildman–Crippen LogP) is 1.18. The first-order valence-corrected chi connectivity index (χ1v) is 5.92. The SMILES string of the molecule is COC(=O)CNCCc1ccc2nc(C)[nH]c2c1. The summed E-state index contributed by atoms with van der Waals surface area (Å²) in [6.07, 6.45) is 0.866. The molecule has 0 bridgehead atoms. The molecule has 0 aliphatic rings. The average molecular weight is 247 g/mol. The lowest BCUT2D eigenvalue weighted by Gasteiger charge is -2.03. The Balaban J connectivity index is 1.89. The van der Waals surface area contributed by atoms with Crippen LogP contribution in [0.4, 0.5) is 0 Å². The smallest absolute Gasteiger partial charge is 0.319 e. The molecule has 1 aromatic heterocycles. The van der Waals surface area contributed by atoms with Gasteiger partial charge in [-0.05, 0) is 37.6 Å². The van der Waals surface area contributed by atoms with Gasteiger partial charge >= 0.3 is 5.97 Å². The van der Waals surface area contributed by atoms with E-state index >= 15 is 0 Å². The Morgan fingerprint density at radius 1 is 1.50 bits per heavy atom. The summed E-state index contributed by atoms with van der Waals surface area (Å²) in [6, 6.07) is 6.16. The van der Waals surface area contributed by atoms with Crippen LogP contribution in [0, 0.1) is 6.92 Å². The molecule has 1 heterocycles. The van der Waals surface area contributed by atoms with Crippen molar-refractivity contribution < 1.29 is 9.53 Å². The third kappa shape index (κ3) is 3.07. The molecule has 0 saturated heterocycles. The molecule has 0 aliphatic heterocycles. The average Bonchev–Trinajstić information content (AvgIpc) is 2.73. The van der Waals surface area contributed by atoms with Crippen molar-refractivity contribution in [2.24, 2.45) is 0 Å². The highest BCUT2D eigenvalue weighted by Crippen LogP contribution is 2.13. The number of H-pyrrole nitrogens is 1. The molecule has 0 amide bonds. The molecule has 18 heavy (non-hydrogen) atoms. The lowest BCUT2D eigenvalue weighted by Crippen LogP contribution is -2.25. The fourth-order valence-corrected chi connectivity index (χ4v) is 1.84. The molecule has 0 radical (unpaired) electrons. The maximum absolute atomic E-state index is 10.9. The highest BCUT2D eigenvalue weighted by atomic mass is 16.5. The number of ether oxygens (including phenoxy) is 1. The van der Waals surface area contributed by atoms with Crippen LogP contribution in [0.15, 0.2) is 18.2 Å². The summed E-state index contributed by atoms with van der Waals surface area (Å²) in [7, 11) is 1.39. The van der Waals surface area contributed by atoms with Gasteiger partial charge in [-0.3, -0.25) is 4.79 Å². The fourth-order valence-electron chi connectivity index (χ4n) is 1.84. The number of nitrogens with zero attached hydrogens (tertiary/aromatic N) is 1. The molecule has 2 N–H and O–H groups in total. The van der Waals surface area contributed by atoms with Gasteiger partial charge in [0.15, 0.2) is 0 Å². The van der Waals surface area contributed by atoms with Crippen molar-refractivity contribution in [1.29, 1.82) is 0 Å². The Kier molecular flexibility index (Phi) is 3.94. The van der Waals surface area contributed by atoms with Crippen molar-refractivity contribution in [2.75, 3.05) is 20.2 Å². The Morgan fingerprint density at radius 3 is 3.11 bits per heavy atom. The van der Waals surface area contributed by atoms with Crippen molar-refractivity contribution in [2.45, 2.75) is 13.3 Å². The minimum atomic E-state index is -0.241. The highest BCUT2D eigenvalue weighted by Gasteiger charge is 2.02. The number of fused-ring (bicyclic) bond motifs is 1. The Labute approximate surface area is 106 Å². The zero-order valence-corrected chi connectivity index (χ0v) is 10.6. The third-order valence-electron chi connectivity index (χ3n) is 2.75. The number of benzene rings is 1.